The Labute approximate surface area is 86.0 Å². The van der Waals surface area contributed by atoms with Gasteiger partial charge in [-0.3, -0.25) is 4.90 Å². The maximum atomic E-state index is 9.82. The topological polar surface area (TPSA) is 32.7 Å². The number of aliphatic hydroxyl groups is 1. The lowest BCUT2D eigenvalue weighted by molar-refractivity contribution is 0.0157. The number of rotatable bonds is 2. The number of aliphatic hydroxyl groups excluding tert-OH is 1. The molecule has 0 spiro atoms. The smallest absolute Gasteiger partial charge is 0.0730 e. The van der Waals surface area contributed by atoms with Crippen LogP contribution >= 0.6 is 0 Å². The van der Waals surface area contributed by atoms with Crippen LogP contribution in [0.5, 0.6) is 0 Å². The molecule has 82 valence electrons. The van der Waals surface area contributed by atoms with E-state index in [1.165, 1.54) is 12.8 Å². The molecule has 0 aromatic carbocycles. The van der Waals surface area contributed by atoms with Crippen molar-refractivity contribution in [1.82, 2.24) is 4.90 Å². The van der Waals surface area contributed by atoms with Crippen LogP contribution in [0.3, 0.4) is 0 Å². The van der Waals surface area contributed by atoms with Crippen molar-refractivity contribution in [3.63, 3.8) is 0 Å². The predicted octanol–water partition coefficient (Wildman–Crippen LogP) is 1.01. The fourth-order valence-corrected chi connectivity index (χ4v) is 2.49. The summed E-state index contributed by atoms with van der Waals surface area (Å²) in [5.41, 5.74) is -0.0635. The minimum Gasteiger partial charge on any atom is -0.391 e. The SMILES string of the molecule is CC1(C)C(O)CCN1CC1CCCO1. The minimum atomic E-state index is -0.177. The molecule has 0 aromatic heterocycles. The van der Waals surface area contributed by atoms with Crippen LogP contribution in [0, 0.1) is 0 Å². The normalized spacial score (nSPS) is 37.9. The molecule has 14 heavy (non-hydrogen) atoms. The first kappa shape index (κ1) is 10.4. The van der Waals surface area contributed by atoms with E-state index in [-0.39, 0.29) is 11.6 Å². The Bertz CT molecular complexity index is 199. The second kappa shape index (κ2) is 3.80. The first-order valence-corrected chi connectivity index (χ1v) is 5.65. The summed E-state index contributed by atoms with van der Waals surface area (Å²) in [4.78, 5) is 2.37. The Kier molecular flexibility index (Phi) is 2.82. The molecule has 2 rings (SSSR count). The van der Waals surface area contributed by atoms with Crippen LogP contribution in [-0.4, -0.2) is 47.4 Å². The lowest BCUT2D eigenvalue weighted by atomic mass is 9.98. The van der Waals surface area contributed by atoms with E-state index in [0.29, 0.717) is 6.10 Å². The summed E-state index contributed by atoms with van der Waals surface area (Å²) in [6.07, 6.45) is 3.51. The standard InChI is InChI=1S/C11H21NO2/c1-11(2)10(13)5-6-12(11)8-9-4-3-7-14-9/h9-10,13H,3-8H2,1-2H3. The molecule has 2 aliphatic heterocycles. The number of hydrogen-bond acceptors (Lipinski definition) is 3. The van der Waals surface area contributed by atoms with E-state index in [1.54, 1.807) is 0 Å². The monoisotopic (exact) mass is 199 g/mol. The highest BCUT2D eigenvalue weighted by Crippen LogP contribution is 2.30. The van der Waals surface area contributed by atoms with Crippen molar-refractivity contribution in [3.05, 3.63) is 0 Å². The first-order chi connectivity index (χ1) is 6.60. The van der Waals surface area contributed by atoms with Gasteiger partial charge in [0.25, 0.3) is 0 Å². The van der Waals surface area contributed by atoms with Gasteiger partial charge in [-0.25, -0.2) is 0 Å². The third-order valence-corrected chi connectivity index (χ3v) is 3.75. The van der Waals surface area contributed by atoms with E-state index in [0.717, 1.165) is 26.1 Å². The van der Waals surface area contributed by atoms with E-state index in [1.807, 2.05) is 0 Å². The van der Waals surface area contributed by atoms with Crippen LogP contribution in [0.25, 0.3) is 0 Å². The molecule has 2 atom stereocenters. The molecule has 0 bridgehead atoms. The van der Waals surface area contributed by atoms with Crippen molar-refractivity contribution in [2.45, 2.75) is 50.9 Å². The summed E-state index contributed by atoms with van der Waals surface area (Å²) < 4.78 is 5.62. The van der Waals surface area contributed by atoms with Gasteiger partial charge in [-0.2, -0.15) is 0 Å². The van der Waals surface area contributed by atoms with E-state index in [4.69, 9.17) is 4.74 Å². The molecule has 0 amide bonds. The van der Waals surface area contributed by atoms with Crippen LogP contribution in [0.4, 0.5) is 0 Å². The zero-order valence-corrected chi connectivity index (χ0v) is 9.20. The molecule has 0 aliphatic carbocycles. The van der Waals surface area contributed by atoms with E-state index >= 15 is 0 Å². The molecule has 0 radical (unpaired) electrons. The highest BCUT2D eigenvalue weighted by Gasteiger charge is 2.41. The van der Waals surface area contributed by atoms with Crippen LogP contribution in [0.15, 0.2) is 0 Å². The summed E-state index contributed by atoms with van der Waals surface area (Å²) in [5, 5.41) is 9.82. The Hall–Kier alpha value is -0.120. The molecule has 0 saturated carbocycles. The fraction of sp³-hybridized carbons (Fsp3) is 1.00. The Morgan fingerprint density at radius 1 is 1.43 bits per heavy atom. The average molecular weight is 199 g/mol. The van der Waals surface area contributed by atoms with Crippen molar-refractivity contribution < 1.29 is 9.84 Å². The van der Waals surface area contributed by atoms with Crippen LogP contribution in [0.2, 0.25) is 0 Å². The average Bonchev–Trinajstić information content (AvgIpc) is 2.70. The van der Waals surface area contributed by atoms with Gasteiger partial charge in [-0.05, 0) is 33.1 Å². The Morgan fingerprint density at radius 2 is 2.21 bits per heavy atom. The van der Waals surface area contributed by atoms with Gasteiger partial charge in [0.2, 0.25) is 0 Å². The number of ether oxygens (including phenoxy) is 1. The predicted molar refractivity (Wildman–Crippen MR) is 55.2 cm³/mol. The lowest BCUT2D eigenvalue weighted by Gasteiger charge is -2.35. The van der Waals surface area contributed by atoms with Gasteiger partial charge in [0.15, 0.2) is 0 Å². The molecule has 2 unspecified atom stereocenters. The Morgan fingerprint density at radius 3 is 2.71 bits per heavy atom. The van der Waals surface area contributed by atoms with Crippen molar-refractivity contribution in [2.24, 2.45) is 0 Å². The van der Waals surface area contributed by atoms with Gasteiger partial charge in [-0.1, -0.05) is 0 Å². The molecule has 2 aliphatic rings. The van der Waals surface area contributed by atoms with E-state index in [2.05, 4.69) is 18.7 Å². The number of nitrogens with zero attached hydrogens (tertiary/aromatic N) is 1. The summed E-state index contributed by atoms with van der Waals surface area (Å²) in [5.74, 6) is 0. The minimum absolute atomic E-state index is 0.0635. The fourth-order valence-electron chi connectivity index (χ4n) is 2.49. The maximum Gasteiger partial charge on any atom is 0.0730 e. The van der Waals surface area contributed by atoms with Gasteiger partial charge in [0.05, 0.1) is 12.2 Å². The maximum absolute atomic E-state index is 9.82. The molecule has 2 fully saturated rings. The molecule has 3 nitrogen and oxygen atoms in total. The largest absolute Gasteiger partial charge is 0.391 e. The highest BCUT2D eigenvalue weighted by atomic mass is 16.5. The van der Waals surface area contributed by atoms with Crippen LogP contribution < -0.4 is 0 Å². The quantitative estimate of drug-likeness (QED) is 0.720. The van der Waals surface area contributed by atoms with Gasteiger partial charge in [0, 0.05) is 25.2 Å². The van der Waals surface area contributed by atoms with Crippen molar-refractivity contribution in [2.75, 3.05) is 19.7 Å². The highest BCUT2D eigenvalue weighted by molar-refractivity contribution is 4.96. The van der Waals surface area contributed by atoms with Gasteiger partial charge in [0.1, 0.15) is 0 Å². The zero-order chi connectivity index (χ0) is 10.2. The summed E-state index contributed by atoms with van der Waals surface area (Å²) in [6, 6.07) is 0. The second-order valence-corrected chi connectivity index (χ2v) is 5.04. The third-order valence-electron chi connectivity index (χ3n) is 3.75. The molecule has 1 N–H and O–H groups in total. The molecule has 2 saturated heterocycles. The lowest BCUT2D eigenvalue weighted by Crippen LogP contribution is -2.47. The van der Waals surface area contributed by atoms with Gasteiger partial charge in [-0.15, -0.1) is 0 Å². The Balaban J connectivity index is 1.91. The third kappa shape index (κ3) is 1.81. The summed E-state index contributed by atoms with van der Waals surface area (Å²) in [6.45, 7) is 7.17. The van der Waals surface area contributed by atoms with Crippen LogP contribution in [-0.2, 0) is 4.74 Å². The van der Waals surface area contributed by atoms with Crippen molar-refractivity contribution >= 4 is 0 Å². The van der Waals surface area contributed by atoms with Crippen molar-refractivity contribution in [3.8, 4) is 0 Å². The van der Waals surface area contributed by atoms with Crippen LogP contribution in [0.1, 0.15) is 33.1 Å². The molecule has 2 heterocycles. The molecular weight excluding hydrogens is 178 g/mol. The first-order valence-electron chi connectivity index (χ1n) is 5.65. The van der Waals surface area contributed by atoms with E-state index < -0.39 is 0 Å². The number of hydrogen-bond donors (Lipinski definition) is 1. The molecule has 0 aromatic rings. The summed E-state index contributed by atoms with van der Waals surface area (Å²) >= 11 is 0. The van der Waals surface area contributed by atoms with Gasteiger partial charge < -0.3 is 9.84 Å². The van der Waals surface area contributed by atoms with E-state index in [9.17, 15) is 5.11 Å². The molecular formula is C11H21NO2. The summed E-state index contributed by atoms with van der Waals surface area (Å²) in [7, 11) is 0. The number of likely N-dealkylation sites (tertiary alicyclic amines) is 1. The van der Waals surface area contributed by atoms with Crippen molar-refractivity contribution in [1.29, 1.82) is 0 Å². The molecule has 3 heteroatoms. The zero-order valence-electron chi connectivity index (χ0n) is 9.20. The van der Waals surface area contributed by atoms with Gasteiger partial charge >= 0.3 is 0 Å². The second-order valence-electron chi connectivity index (χ2n) is 5.04.